The van der Waals surface area contributed by atoms with E-state index in [-0.39, 0.29) is 5.38 Å². The first kappa shape index (κ1) is 14.2. The van der Waals surface area contributed by atoms with Crippen molar-refractivity contribution in [3.8, 4) is 0 Å². The summed E-state index contributed by atoms with van der Waals surface area (Å²) < 4.78 is 27.8. The van der Waals surface area contributed by atoms with Gasteiger partial charge in [0.2, 0.25) is 0 Å². The average Bonchev–Trinajstić information content (AvgIpc) is 2.26. The van der Waals surface area contributed by atoms with E-state index in [1.807, 2.05) is 6.92 Å². The van der Waals surface area contributed by atoms with E-state index in [2.05, 4.69) is 4.72 Å². The average molecular weight is 269 g/mol. The third-order valence-electron chi connectivity index (χ3n) is 2.72. The summed E-state index contributed by atoms with van der Waals surface area (Å²) in [5.41, 5.74) is 0. The van der Waals surface area contributed by atoms with E-state index in [0.29, 0.717) is 19.6 Å². The molecule has 0 aliphatic carbocycles. The second-order valence-electron chi connectivity index (χ2n) is 4.28. The number of alkyl halides is 1. The standard InChI is InChI=1S/C10H21ClN2O2S/c1-10(11)6-5-7-12-16(14,15)13-8-3-2-4-9-13/h10,12H,2-9H2,1H3. The maximum atomic E-state index is 11.8. The largest absolute Gasteiger partial charge is 0.279 e. The fourth-order valence-electron chi connectivity index (χ4n) is 1.78. The molecule has 0 aromatic carbocycles. The predicted octanol–water partition coefficient (Wildman–Crippen LogP) is 1.71. The molecule has 1 rings (SSSR count). The van der Waals surface area contributed by atoms with Crippen molar-refractivity contribution in [2.24, 2.45) is 0 Å². The van der Waals surface area contributed by atoms with E-state index >= 15 is 0 Å². The molecule has 0 aromatic rings. The lowest BCUT2D eigenvalue weighted by molar-refractivity contribution is 0.341. The lowest BCUT2D eigenvalue weighted by Crippen LogP contribution is -2.43. The Morgan fingerprint density at radius 1 is 1.31 bits per heavy atom. The molecule has 0 bridgehead atoms. The maximum absolute atomic E-state index is 11.8. The van der Waals surface area contributed by atoms with Crippen LogP contribution in [0.4, 0.5) is 0 Å². The summed E-state index contributed by atoms with van der Waals surface area (Å²) in [6.07, 6.45) is 4.71. The molecule has 4 nitrogen and oxygen atoms in total. The molecule has 0 amide bonds. The van der Waals surface area contributed by atoms with Crippen molar-refractivity contribution in [1.29, 1.82) is 0 Å². The lowest BCUT2D eigenvalue weighted by Gasteiger charge is -2.25. The quantitative estimate of drug-likeness (QED) is 0.589. The molecule has 1 saturated heterocycles. The van der Waals surface area contributed by atoms with Crippen molar-refractivity contribution in [1.82, 2.24) is 9.03 Å². The second kappa shape index (κ2) is 6.79. The predicted molar refractivity (Wildman–Crippen MR) is 66.9 cm³/mol. The molecule has 0 spiro atoms. The van der Waals surface area contributed by atoms with Gasteiger partial charge >= 0.3 is 0 Å². The van der Waals surface area contributed by atoms with Crippen LogP contribution in [0.25, 0.3) is 0 Å². The molecule has 96 valence electrons. The number of piperidine rings is 1. The van der Waals surface area contributed by atoms with Crippen LogP contribution < -0.4 is 4.72 Å². The van der Waals surface area contributed by atoms with Gasteiger partial charge in [0.15, 0.2) is 0 Å². The SMILES string of the molecule is CC(Cl)CCCNS(=O)(=O)N1CCCCC1. The molecule has 0 aromatic heterocycles. The summed E-state index contributed by atoms with van der Waals surface area (Å²) in [5.74, 6) is 0. The van der Waals surface area contributed by atoms with Gasteiger partial charge in [-0.3, -0.25) is 0 Å². The molecule has 1 heterocycles. The zero-order chi connectivity index (χ0) is 12.0. The van der Waals surface area contributed by atoms with Crippen molar-refractivity contribution in [2.45, 2.75) is 44.4 Å². The van der Waals surface area contributed by atoms with Crippen LogP contribution in [-0.2, 0) is 10.2 Å². The van der Waals surface area contributed by atoms with Crippen LogP contribution in [0.1, 0.15) is 39.0 Å². The number of nitrogens with one attached hydrogen (secondary N) is 1. The van der Waals surface area contributed by atoms with Gasteiger partial charge in [0.05, 0.1) is 0 Å². The van der Waals surface area contributed by atoms with Crippen molar-refractivity contribution >= 4 is 21.8 Å². The van der Waals surface area contributed by atoms with Gasteiger partial charge < -0.3 is 0 Å². The lowest BCUT2D eigenvalue weighted by atomic mass is 10.2. The van der Waals surface area contributed by atoms with E-state index in [9.17, 15) is 8.42 Å². The van der Waals surface area contributed by atoms with Crippen LogP contribution >= 0.6 is 11.6 Å². The first-order valence-electron chi connectivity index (χ1n) is 5.91. The zero-order valence-corrected chi connectivity index (χ0v) is 11.4. The van der Waals surface area contributed by atoms with Crippen molar-refractivity contribution < 1.29 is 8.42 Å². The molecule has 1 unspecified atom stereocenters. The number of rotatable bonds is 6. The topological polar surface area (TPSA) is 49.4 Å². The molecule has 0 saturated carbocycles. The van der Waals surface area contributed by atoms with E-state index in [4.69, 9.17) is 11.6 Å². The Hall–Kier alpha value is 0.160. The number of hydrogen-bond donors (Lipinski definition) is 1. The Labute approximate surface area is 104 Å². The molecule has 1 atom stereocenters. The summed E-state index contributed by atoms with van der Waals surface area (Å²) in [6, 6.07) is 0. The van der Waals surface area contributed by atoms with E-state index in [1.54, 1.807) is 4.31 Å². The van der Waals surface area contributed by atoms with Crippen LogP contribution in [0.2, 0.25) is 0 Å². The highest BCUT2D eigenvalue weighted by molar-refractivity contribution is 7.87. The van der Waals surface area contributed by atoms with Gasteiger partial charge in [-0.25, -0.2) is 4.72 Å². The molecule has 1 N–H and O–H groups in total. The minimum absolute atomic E-state index is 0.111. The van der Waals surface area contributed by atoms with Gasteiger partial charge in [-0.05, 0) is 32.6 Å². The van der Waals surface area contributed by atoms with E-state index < -0.39 is 10.2 Å². The van der Waals surface area contributed by atoms with E-state index in [1.165, 1.54) is 0 Å². The van der Waals surface area contributed by atoms with Crippen LogP contribution in [0.3, 0.4) is 0 Å². The van der Waals surface area contributed by atoms with Gasteiger partial charge in [0, 0.05) is 25.0 Å². The van der Waals surface area contributed by atoms with E-state index in [0.717, 1.165) is 32.1 Å². The molecular formula is C10H21ClN2O2S. The summed E-state index contributed by atoms with van der Waals surface area (Å²) in [4.78, 5) is 0. The Balaban J connectivity index is 2.27. The molecular weight excluding hydrogens is 248 g/mol. The van der Waals surface area contributed by atoms with Crippen molar-refractivity contribution in [3.05, 3.63) is 0 Å². The minimum atomic E-state index is -3.24. The minimum Gasteiger partial charge on any atom is -0.202 e. The number of halogens is 1. The normalized spacial score (nSPS) is 20.9. The molecule has 1 aliphatic heterocycles. The Kier molecular flexibility index (Phi) is 6.03. The highest BCUT2D eigenvalue weighted by Gasteiger charge is 2.22. The van der Waals surface area contributed by atoms with Crippen LogP contribution in [0.5, 0.6) is 0 Å². The second-order valence-corrected chi connectivity index (χ2v) is 6.78. The van der Waals surface area contributed by atoms with Crippen LogP contribution in [0.15, 0.2) is 0 Å². The Morgan fingerprint density at radius 3 is 2.50 bits per heavy atom. The third kappa shape index (κ3) is 4.99. The highest BCUT2D eigenvalue weighted by atomic mass is 35.5. The van der Waals surface area contributed by atoms with Gasteiger partial charge in [0.25, 0.3) is 10.2 Å². The molecule has 6 heteroatoms. The van der Waals surface area contributed by atoms with Crippen molar-refractivity contribution in [3.63, 3.8) is 0 Å². The van der Waals surface area contributed by atoms with Gasteiger partial charge in [0.1, 0.15) is 0 Å². The van der Waals surface area contributed by atoms with Crippen molar-refractivity contribution in [2.75, 3.05) is 19.6 Å². The molecule has 1 aliphatic rings. The van der Waals surface area contributed by atoms with Crippen LogP contribution in [0, 0.1) is 0 Å². The number of hydrogen-bond acceptors (Lipinski definition) is 2. The van der Waals surface area contributed by atoms with Gasteiger partial charge in [-0.15, -0.1) is 11.6 Å². The monoisotopic (exact) mass is 268 g/mol. The molecule has 1 fully saturated rings. The summed E-state index contributed by atoms with van der Waals surface area (Å²) in [7, 11) is -3.24. The van der Waals surface area contributed by atoms with Gasteiger partial charge in [-0.1, -0.05) is 6.42 Å². The fraction of sp³-hybridized carbons (Fsp3) is 1.00. The highest BCUT2D eigenvalue weighted by Crippen LogP contribution is 2.12. The summed E-state index contributed by atoms with van der Waals surface area (Å²) >= 11 is 5.79. The third-order valence-corrected chi connectivity index (χ3v) is 4.55. The number of nitrogens with zero attached hydrogens (tertiary/aromatic N) is 1. The van der Waals surface area contributed by atoms with Gasteiger partial charge in [-0.2, -0.15) is 12.7 Å². The first-order valence-corrected chi connectivity index (χ1v) is 7.79. The first-order chi connectivity index (χ1) is 7.52. The zero-order valence-electron chi connectivity index (χ0n) is 9.78. The smallest absolute Gasteiger partial charge is 0.202 e. The Morgan fingerprint density at radius 2 is 1.94 bits per heavy atom. The maximum Gasteiger partial charge on any atom is 0.279 e. The summed E-state index contributed by atoms with van der Waals surface area (Å²) in [6.45, 7) is 3.71. The Bertz CT molecular complexity index is 287. The van der Waals surface area contributed by atoms with Crippen LogP contribution in [-0.4, -0.2) is 37.7 Å². The molecule has 16 heavy (non-hydrogen) atoms. The molecule has 0 radical (unpaired) electrons. The fourth-order valence-corrected chi connectivity index (χ4v) is 3.26. The summed E-state index contributed by atoms with van der Waals surface area (Å²) in [5, 5.41) is 0.111.